The largest absolute Gasteiger partial charge is 0.370 e. The molecule has 0 aliphatic rings. The van der Waals surface area contributed by atoms with Crippen LogP contribution in [0.2, 0.25) is 0 Å². The molecule has 1 aromatic rings. The molecule has 0 radical (unpaired) electrons. The monoisotopic (exact) mass is 231 g/mol. The van der Waals surface area contributed by atoms with Crippen LogP contribution in [0.25, 0.3) is 0 Å². The molecule has 1 unspecified atom stereocenters. The highest BCUT2D eigenvalue weighted by atomic mass is 32.2. The quantitative estimate of drug-likeness (QED) is 0.399. The molecule has 1 aromatic heterocycles. The second-order valence-corrected chi connectivity index (χ2v) is 4.88. The fraction of sp³-hybridized carbons (Fsp3) is 0.429. The Morgan fingerprint density at radius 2 is 2.43 bits per heavy atom. The standard InChI is InChI=1S/C7H13N5S2/c1-4(8)13-2-5-3-14-7(11-5)12-6(9)10/h3-4H,2,8H2,1H3,(H4,9,10,11,12). The molecular weight excluding hydrogens is 218 g/mol. The van der Waals surface area contributed by atoms with Gasteiger partial charge in [-0.25, -0.2) is 4.98 Å². The van der Waals surface area contributed by atoms with Crippen molar-refractivity contribution in [2.45, 2.75) is 18.1 Å². The molecule has 0 aromatic carbocycles. The molecule has 0 spiro atoms. The molecule has 14 heavy (non-hydrogen) atoms. The number of thioether (sulfide) groups is 1. The van der Waals surface area contributed by atoms with Crippen LogP contribution in [0.15, 0.2) is 10.4 Å². The Morgan fingerprint density at radius 3 is 3.00 bits per heavy atom. The van der Waals surface area contributed by atoms with Crippen LogP contribution in [0, 0.1) is 0 Å². The van der Waals surface area contributed by atoms with E-state index in [1.807, 2.05) is 12.3 Å². The maximum atomic E-state index is 5.60. The SMILES string of the molecule is CC(N)SCc1csc(N=C(N)N)n1. The van der Waals surface area contributed by atoms with Crippen LogP contribution in [0.4, 0.5) is 5.13 Å². The van der Waals surface area contributed by atoms with Crippen LogP contribution in [0.1, 0.15) is 12.6 Å². The number of nitrogens with two attached hydrogens (primary N) is 3. The van der Waals surface area contributed by atoms with Gasteiger partial charge in [-0.15, -0.1) is 23.1 Å². The predicted molar refractivity (Wildman–Crippen MR) is 62.5 cm³/mol. The van der Waals surface area contributed by atoms with E-state index in [2.05, 4.69) is 9.98 Å². The molecule has 0 saturated carbocycles. The Kier molecular flexibility index (Phi) is 4.18. The topological polar surface area (TPSA) is 103 Å². The van der Waals surface area contributed by atoms with Gasteiger partial charge in [0, 0.05) is 16.5 Å². The van der Waals surface area contributed by atoms with Crippen LogP contribution in [0.3, 0.4) is 0 Å². The smallest absolute Gasteiger partial charge is 0.212 e. The van der Waals surface area contributed by atoms with Gasteiger partial charge in [0.05, 0.1) is 5.69 Å². The Morgan fingerprint density at radius 1 is 1.71 bits per heavy atom. The zero-order valence-electron chi connectivity index (χ0n) is 7.80. The van der Waals surface area contributed by atoms with Gasteiger partial charge < -0.3 is 17.2 Å². The molecule has 6 N–H and O–H groups in total. The van der Waals surface area contributed by atoms with Crippen molar-refractivity contribution < 1.29 is 0 Å². The highest BCUT2D eigenvalue weighted by molar-refractivity contribution is 7.99. The van der Waals surface area contributed by atoms with Crippen LogP contribution >= 0.6 is 23.1 Å². The van der Waals surface area contributed by atoms with Crippen LogP contribution in [-0.2, 0) is 5.75 Å². The fourth-order valence-corrected chi connectivity index (χ4v) is 2.13. The van der Waals surface area contributed by atoms with Gasteiger partial charge in [-0.05, 0) is 6.92 Å². The van der Waals surface area contributed by atoms with Crippen molar-refractivity contribution in [3.8, 4) is 0 Å². The Hall–Kier alpha value is -0.790. The maximum absolute atomic E-state index is 5.60. The lowest BCUT2D eigenvalue weighted by Crippen LogP contribution is -2.21. The zero-order valence-corrected chi connectivity index (χ0v) is 9.44. The zero-order chi connectivity index (χ0) is 10.6. The lowest BCUT2D eigenvalue weighted by Gasteiger charge is -2.00. The van der Waals surface area contributed by atoms with Crippen molar-refractivity contribution in [3.05, 3.63) is 11.1 Å². The molecule has 1 atom stereocenters. The van der Waals surface area contributed by atoms with E-state index >= 15 is 0 Å². The summed E-state index contributed by atoms with van der Waals surface area (Å²) >= 11 is 3.04. The minimum absolute atomic E-state index is 0.0331. The van der Waals surface area contributed by atoms with E-state index in [-0.39, 0.29) is 11.3 Å². The van der Waals surface area contributed by atoms with Crippen molar-refractivity contribution in [2.75, 3.05) is 0 Å². The third-order valence-corrected chi connectivity index (χ3v) is 3.03. The van der Waals surface area contributed by atoms with Crippen LogP contribution < -0.4 is 17.2 Å². The van der Waals surface area contributed by atoms with Crippen molar-refractivity contribution in [2.24, 2.45) is 22.2 Å². The van der Waals surface area contributed by atoms with Gasteiger partial charge >= 0.3 is 0 Å². The first-order valence-electron chi connectivity index (χ1n) is 3.99. The first-order valence-corrected chi connectivity index (χ1v) is 5.92. The van der Waals surface area contributed by atoms with Crippen LogP contribution in [0.5, 0.6) is 0 Å². The second kappa shape index (κ2) is 5.18. The second-order valence-electron chi connectivity index (χ2n) is 2.67. The molecule has 0 fully saturated rings. The third kappa shape index (κ3) is 3.95. The van der Waals surface area contributed by atoms with Gasteiger partial charge in [0.2, 0.25) is 5.13 Å². The van der Waals surface area contributed by atoms with Gasteiger partial charge in [0.15, 0.2) is 5.96 Å². The first-order chi connectivity index (χ1) is 6.58. The summed E-state index contributed by atoms with van der Waals surface area (Å²) < 4.78 is 0. The van der Waals surface area contributed by atoms with Gasteiger partial charge in [0.25, 0.3) is 0 Å². The highest BCUT2D eigenvalue weighted by Gasteiger charge is 2.02. The van der Waals surface area contributed by atoms with Gasteiger partial charge in [-0.3, -0.25) is 0 Å². The maximum Gasteiger partial charge on any atom is 0.212 e. The van der Waals surface area contributed by atoms with E-state index in [0.29, 0.717) is 5.13 Å². The number of thiazole rings is 1. The van der Waals surface area contributed by atoms with E-state index in [9.17, 15) is 0 Å². The lowest BCUT2D eigenvalue weighted by atomic mass is 10.6. The molecular formula is C7H13N5S2. The summed E-state index contributed by atoms with van der Waals surface area (Å²) in [4.78, 5) is 8.06. The normalized spacial score (nSPS) is 12.4. The number of guanidine groups is 1. The summed E-state index contributed by atoms with van der Waals surface area (Å²) in [5.41, 5.74) is 17.0. The number of hydrogen-bond donors (Lipinski definition) is 3. The van der Waals surface area contributed by atoms with Crippen molar-refractivity contribution in [3.63, 3.8) is 0 Å². The van der Waals surface area contributed by atoms with E-state index in [4.69, 9.17) is 17.2 Å². The molecule has 1 heterocycles. The van der Waals surface area contributed by atoms with Crippen LogP contribution in [-0.4, -0.2) is 16.3 Å². The molecule has 7 heteroatoms. The van der Waals surface area contributed by atoms with E-state index in [1.54, 1.807) is 11.8 Å². The summed E-state index contributed by atoms with van der Waals surface area (Å²) in [5.74, 6) is 0.819. The summed E-state index contributed by atoms with van der Waals surface area (Å²) in [6.45, 7) is 1.94. The van der Waals surface area contributed by atoms with Gasteiger partial charge in [-0.2, -0.15) is 4.99 Å². The number of aliphatic imine (C=N–C) groups is 1. The van der Waals surface area contributed by atoms with Gasteiger partial charge in [-0.1, -0.05) is 0 Å². The summed E-state index contributed by atoms with van der Waals surface area (Å²) in [5, 5.41) is 2.63. The van der Waals surface area contributed by atoms with E-state index < -0.39 is 0 Å². The third-order valence-electron chi connectivity index (χ3n) is 1.26. The number of hydrogen-bond acceptors (Lipinski definition) is 5. The molecule has 1 rings (SSSR count). The number of aromatic nitrogens is 1. The average Bonchev–Trinajstić information content (AvgIpc) is 2.47. The van der Waals surface area contributed by atoms with Crippen molar-refractivity contribution >= 4 is 34.2 Å². The molecule has 0 aliphatic heterocycles. The molecule has 0 saturated heterocycles. The first kappa shape index (κ1) is 11.3. The van der Waals surface area contributed by atoms with Gasteiger partial charge in [0.1, 0.15) is 0 Å². The summed E-state index contributed by atoms with van der Waals surface area (Å²) in [6.07, 6.45) is 0. The Labute approximate surface area is 90.8 Å². The van der Waals surface area contributed by atoms with E-state index in [0.717, 1.165) is 11.4 Å². The number of nitrogens with zero attached hydrogens (tertiary/aromatic N) is 2. The van der Waals surface area contributed by atoms with Crippen molar-refractivity contribution in [1.82, 2.24) is 4.98 Å². The summed E-state index contributed by atoms with van der Waals surface area (Å²) in [6, 6.07) is 0. The Balaban J connectivity index is 2.55. The summed E-state index contributed by atoms with van der Waals surface area (Å²) in [7, 11) is 0. The molecule has 0 amide bonds. The minimum Gasteiger partial charge on any atom is -0.370 e. The minimum atomic E-state index is 0.0331. The molecule has 0 bridgehead atoms. The average molecular weight is 231 g/mol. The molecule has 5 nitrogen and oxygen atoms in total. The fourth-order valence-electron chi connectivity index (χ4n) is 0.741. The Bertz CT molecular complexity index is 316. The predicted octanol–water partition coefficient (Wildman–Crippen LogP) is 0.586. The highest BCUT2D eigenvalue weighted by Crippen LogP contribution is 2.22. The lowest BCUT2D eigenvalue weighted by molar-refractivity contribution is 1.04. The molecule has 78 valence electrons. The molecule has 0 aliphatic carbocycles. The van der Waals surface area contributed by atoms with Crippen molar-refractivity contribution in [1.29, 1.82) is 0 Å². The number of rotatable bonds is 4. The van der Waals surface area contributed by atoms with E-state index in [1.165, 1.54) is 11.3 Å².